The van der Waals surface area contributed by atoms with Gasteiger partial charge in [0.2, 0.25) is 5.91 Å². The molecule has 112 valence electrons. The monoisotopic (exact) mass is 308 g/mol. The zero-order valence-electron chi connectivity index (χ0n) is 11.8. The maximum Gasteiger partial charge on any atom is 0.257 e. The molecular weight excluding hydrogens is 292 g/mol. The second-order valence-corrected chi connectivity index (χ2v) is 5.27. The first kappa shape index (κ1) is 15.5. The van der Waals surface area contributed by atoms with Gasteiger partial charge in [-0.25, -0.2) is 0 Å². The molecule has 0 fully saturated rings. The van der Waals surface area contributed by atoms with Crippen molar-refractivity contribution in [3.05, 3.63) is 35.1 Å². The Kier molecular flexibility index (Phi) is 4.93. The summed E-state index contributed by atoms with van der Waals surface area (Å²) >= 11 is 5.83. The minimum Gasteiger partial charge on any atom is -0.346 e. The van der Waals surface area contributed by atoms with Crippen molar-refractivity contribution < 1.29 is 9.32 Å². The number of carbonyl (C=O) groups is 1. The van der Waals surface area contributed by atoms with Crippen molar-refractivity contribution in [2.45, 2.75) is 19.9 Å². The molecular formula is C14H17ClN4O2. The number of carbonyl (C=O) groups excluding carboxylic acids is 1. The number of hydrogen-bond donors (Lipinski definition) is 2. The largest absolute Gasteiger partial charge is 0.346 e. The van der Waals surface area contributed by atoms with Crippen LogP contribution in [0.5, 0.6) is 0 Å². The highest BCUT2D eigenvalue weighted by atomic mass is 35.5. The number of aromatic nitrogens is 2. The van der Waals surface area contributed by atoms with E-state index in [0.717, 1.165) is 5.56 Å². The lowest BCUT2D eigenvalue weighted by Crippen LogP contribution is -2.35. The number of halogens is 1. The second-order valence-electron chi connectivity index (χ2n) is 4.83. The third-order valence-corrected chi connectivity index (χ3v) is 3.33. The predicted molar refractivity (Wildman–Crippen MR) is 79.5 cm³/mol. The zero-order chi connectivity index (χ0) is 15.4. The van der Waals surface area contributed by atoms with Crippen LogP contribution in [-0.2, 0) is 4.79 Å². The SMILES string of the molecule is CC(CN)C(=O)NC(C)c1noc(-c2ccc(Cl)cc2)n1. The Labute approximate surface area is 127 Å². The molecule has 0 saturated heterocycles. The van der Waals surface area contributed by atoms with E-state index in [1.807, 2.05) is 0 Å². The van der Waals surface area contributed by atoms with Crippen molar-refractivity contribution in [1.29, 1.82) is 0 Å². The van der Waals surface area contributed by atoms with Gasteiger partial charge < -0.3 is 15.6 Å². The Hall–Kier alpha value is -1.92. The van der Waals surface area contributed by atoms with Crippen LogP contribution < -0.4 is 11.1 Å². The lowest BCUT2D eigenvalue weighted by molar-refractivity contribution is -0.124. The molecule has 0 aliphatic heterocycles. The van der Waals surface area contributed by atoms with Gasteiger partial charge in [0.05, 0.1) is 6.04 Å². The number of benzene rings is 1. The summed E-state index contributed by atoms with van der Waals surface area (Å²) < 4.78 is 5.20. The summed E-state index contributed by atoms with van der Waals surface area (Å²) in [7, 11) is 0. The van der Waals surface area contributed by atoms with Crippen LogP contribution in [0, 0.1) is 5.92 Å². The average molecular weight is 309 g/mol. The summed E-state index contributed by atoms with van der Waals surface area (Å²) in [5.74, 6) is 0.407. The lowest BCUT2D eigenvalue weighted by atomic mass is 10.1. The van der Waals surface area contributed by atoms with Crippen LogP contribution in [0.25, 0.3) is 11.5 Å². The standard InChI is InChI=1S/C14H17ClN4O2/c1-8(7-16)13(20)17-9(2)12-18-14(21-19-12)10-3-5-11(15)6-4-10/h3-6,8-9H,7,16H2,1-2H3,(H,17,20). The van der Waals surface area contributed by atoms with Gasteiger partial charge in [-0.1, -0.05) is 23.7 Å². The van der Waals surface area contributed by atoms with Crippen molar-refractivity contribution in [2.75, 3.05) is 6.54 Å². The minimum absolute atomic E-state index is 0.136. The highest BCUT2D eigenvalue weighted by Gasteiger charge is 2.19. The van der Waals surface area contributed by atoms with Gasteiger partial charge in [0.15, 0.2) is 5.82 Å². The quantitative estimate of drug-likeness (QED) is 0.882. The molecule has 0 bridgehead atoms. The summed E-state index contributed by atoms with van der Waals surface area (Å²) in [5.41, 5.74) is 6.23. The van der Waals surface area contributed by atoms with Crippen LogP contribution in [0.2, 0.25) is 5.02 Å². The maximum absolute atomic E-state index is 11.8. The molecule has 3 N–H and O–H groups in total. The highest BCUT2D eigenvalue weighted by molar-refractivity contribution is 6.30. The summed E-state index contributed by atoms with van der Waals surface area (Å²) in [6.07, 6.45) is 0. The smallest absolute Gasteiger partial charge is 0.257 e. The molecule has 1 aromatic carbocycles. The van der Waals surface area contributed by atoms with Crippen LogP contribution in [0.3, 0.4) is 0 Å². The maximum atomic E-state index is 11.8. The molecule has 6 nitrogen and oxygen atoms in total. The van der Waals surface area contributed by atoms with Gasteiger partial charge in [0, 0.05) is 23.0 Å². The van der Waals surface area contributed by atoms with Crippen LogP contribution in [0.1, 0.15) is 25.7 Å². The molecule has 0 saturated carbocycles. The average Bonchev–Trinajstić information content (AvgIpc) is 2.97. The fraction of sp³-hybridized carbons (Fsp3) is 0.357. The molecule has 1 amide bonds. The Morgan fingerprint density at radius 1 is 1.38 bits per heavy atom. The number of nitrogens with zero attached hydrogens (tertiary/aromatic N) is 2. The van der Waals surface area contributed by atoms with Gasteiger partial charge in [0.25, 0.3) is 5.89 Å². The number of nitrogens with two attached hydrogens (primary N) is 1. The van der Waals surface area contributed by atoms with E-state index in [2.05, 4.69) is 15.5 Å². The third-order valence-electron chi connectivity index (χ3n) is 3.08. The van der Waals surface area contributed by atoms with E-state index in [1.165, 1.54) is 0 Å². The van der Waals surface area contributed by atoms with E-state index in [4.69, 9.17) is 21.9 Å². The predicted octanol–water partition coefficient (Wildman–Crippen LogP) is 2.16. The van der Waals surface area contributed by atoms with E-state index < -0.39 is 0 Å². The van der Waals surface area contributed by atoms with Crippen molar-refractivity contribution in [3.8, 4) is 11.5 Å². The first-order valence-corrected chi connectivity index (χ1v) is 6.99. The van der Waals surface area contributed by atoms with Gasteiger partial charge in [0.1, 0.15) is 0 Å². The van der Waals surface area contributed by atoms with E-state index in [9.17, 15) is 4.79 Å². The van der Waals surface area contributed by atoms with Gasteiger partial charge in [-0.15, -0.1) is 0 Å². The molecule has 2 rings (SSSR count). The number of nitrogens with one attached hydrogen (secondary N) is 1. The second kappa shape index (κ2) is 6.69. The first-order chi connectivity index (χ1) is 10.0. The molecule has 0 aliphatic rings. The molecule has 2 aromatic rings. The Bertz CT molecular complexity index is 612. The van der Waals surface area contributed by atoms with Crippen molar-refractivity contribution in [3.63, 3.8) is 0 Å². The minimum atomic E-state index is -0.351. The topological polar surface area (TPSA) is 94.0 Å². The summed E-state index contributed by atoms with van der Waals surface area (Å²) in [6, 6.07) is 6.72. The molecule has 0 spiro atoms. The van der Waals surface area contributed by atoms with Crippen LogP contribution >= 0.6 is 11.6 Å². The Balaban J connectivity index is 2.09. The van der Waals surface area contributed by atoms with Crippen molar-refractivity contribution in [2.24, 2.45) is 11.7 Å². The van der Waals surface area contributed by atoms with Gasteiger partial charge in [-0.3, -0.25) is 4.79 Å². The molecule has 0 radical (unpaired) electrons. The van der Waals surface area contributed by atoms with Crippen LogP contribution in [0.4, 0.5) is 0 Å². The first-order valence-electron chi connectivity index (χ1n) is 6.61. The van der Waals surface area contributed by atoms with Gasteiger partial charge in [-0.05, 0) is 31.2 Å². The van der Waals surface area contributed by atoms with Gasteiger partial charge >= 0.3 is 0 Å². The van der Waals surface area contributed by atoms with Crippen molar-refractivity contribution in [1.82, 2.24) is 15.5 Å². The summed E-state index contributed by atoms with van der Waals surface area (Å²) in [6.45, 7) is 3.84. The summed E-state index contributed by atoms with van der Waals surface area (Å²) in [4.78, 5) is 16.1. The van der Waals surface area contributed by atoms with E-state index in [0.29, 0.717) is 23.3 Å². The molecule has 7 heteroatoms. The van der Waals surface area contributed by atoms with E-state index in [1.54, 1.807) is 38.1 Å². The molecule has 2 atom stereocenters. The van der Waals surface area contributed by atoms with E-state index in [-0.39, 0.29) is 17.9 Å². The Morgan fingerprint density at radius 2 is 2.05 bits per heavy atom. The van der Waals surface area contributed by atoms with E-state index >= 15 is 0 Å². The number of amides is 1. The lowest BCUT2D eigenvalue weighted by Gasteiger charge is -2.13. The number of rotatable bonds is 5. The molecule has 21 heavy (non-hydrogen) atoms. The molecule has 1 heterocycles. The zero-order valence-corrected chi connectivity index (χ0v) is 12.6. The molecule has 1 aromatic heterocycles. The van der Waals surface area contributed by atoms with Crippen LogP contribution in [0.15, 0.2) is 28.8 Å². The molecule has 0 aliphatic carbocycles. The third kappa shape index (κ3) is 3.80. The highest BCUT2D eigenvalue weighted by Crippen LogP contribution is 2.21. The van der Waals surface area contributed by atoms with Gasteiger partial charge in [-0.2, -0.15) is 4.98 Å². The van der Waals surface area contributed by atoms with Crippen LogP contribution in [-0.4, -0.2) is 22.6 Å². The number of hydrogen-bond acceptors (Lipinski definition) is 5. The summed E-state index contributed by atoms with van der Waals surface area (Å²) in [5, 5.41) is 7.32. The fourth-order valence-electron chi connectivity index (χ4n) is 1.65. The normalized spacial score (nSPS) is 13.7. The molecule has 2 unspecified atom stereocenters. The Morgan fingerprint density at radius 3 is 2.67 bits per heavy atom. The fourth-order valence-corrected chi connectivity index (χ4v) is 1.77. The van der Waals surface area contributed by atoms with Crippen molar-refractivity contribution >= 4 is 17.5 Å².